The lowest BCUT2D eigenvalue weighted by atomic mass is 10.2. The summed E-state index contributed by atoms with van der Waals surface area (Å²) in [7, 11) is -3.77. The number of sulfonamides is 1. The number of halogens is 1. The maximum Gasteiger partial charge on any atom is 0.238 e. The van der Waals surface area contributed by atoms with Crippen molar-refractivity contribution in [2.45, 2.75) is 11.8 Å². The molecule has 0 saturated heterocycles. The topological polar surface area (TPSA) is 84.2 Å². The number of hydrogen-bond donors (Lipinski definition) is 3. The van der Waals surface area contributed by atoms with Crippen LogP contribution in [-0.4, -0.2) is 13.5 Å². The summed E-state index contributed by atoms with van der Waals surface area (Å²) in [5.74, 6) is 0. The lowest BCUT2D eigenvalue weighted by Crippen LogP contribution is -2.20. The molecular formula is C14H14ClN3O2S2. The normalized spacial score (nSPS) is 11.0. The molecule has 0 bridgehead atoms. The molecule has 0 radical (unpaired) electrons. The van der Waals surface area contributed by atoms with Gasteiger partial charge in [-0.1, -0.05) is 17.7 Å². The highest BCUT2D eigenvalue weighted by atomic mass is 35.5. The van der Waals surface area contributed by atoms with Gasteiger partial charge >= 0.3 is 0 Å². The standard InChI is InChI=1S/C14H14ClN3O2S2/c1-9-2-5-12(8-13(9)22(16,19)20)18-14(21)17-11-6-3-10(15)4-7-11/h2-8H,1H3,(H2,16,19,20)(H2,17,18,21). The van der Waals surface area contributed by atoms with Crippen LogP contribution in [-0.2, 0) is 10.0 Å². The fourth-order valence-electron chi connectivity index (χ4n) is 1.81. The molecule has 0 unspecified atom stereocenters. The van der Waals surface area contributed by atoms with Crippen molar-refractivity contribution in [1.82, 2.24) is 0 Å². The molecule has 116 valence electrons. The van der Waals surface area contributed by atoms with Gasteiger partial charge in [-0.15, -0.1) is 0 Å². The number of hydrogen-bond acceptors (Lipinski definition) is 3. The van der Waals surface area contributed by atoms with Gasteiger partial charge in [-0.2, -0.15) is 0 Å². The van der Waals surface area contributed by atoms with E-state index >= 15 is 0 Å². The van der Waals surface area contributed by atoms with Crippen LogP contribution in [0.4, 0.5) is 11.4 Å². The fourth-order valence-corrected chi connectivity index (χ4v) is 2.98. The number of thiocarbonyl (C=S) groups is 1. The average molecular weight is 356 g/mol. The maximum atomic E-state index is 11.5. The first-order chi connectivity index (χ1) is 10.3. The molecule has 2 aromatic carbocycles. The SMILES string of the molecule is Cc1ccc(NC(=S)Nc2ccc(Cl)cc2)cc1S(N)(=O)=O. The van der Waals surface area contributed by atoms with E-state index < -0.39 is 10.0 Å². The Labute approximate surface area is 139 Å². The summed E-state index contributed by atoms with van der Waals surface area (Å²) in [6.07, 6.45) is 0. The molecule has 4 N–H and O–H groups in total. The summed E-state index contributed by atoms with van der Waals surface area (Å²) >= 11 is 11.0. The number of primary sulfonamides is 1. The van der Waals surface area contributed by atoms with E-state index in [0.717, 1.165) is 5.69 Å². The molecule has 0 aliphatic carbocycles. The third-order valence-electron chi connectivity index (χ3n) is 2.85. The molecule has 2 aromatic rings. The van der Waals surface area contributed by atoms with Crippen molar-refractivity contribution >= 4 is 50.3 Å². The van der Waals surface area contributed by atoms with Crippen molar-refractivity contribution in [3.05, 3.63) is 53.1 Å². The Bertz CT molecular complexity index is 805. The number of aryl methyl sites for hydroxylation is 1. The first kappa shape index (κ1) is 16.7. The van der Waals surface area contributed by atoms with Crippen molar-refractivity contribution in [3.63, 3.8) is 0 Å². The summed E-state index contributed by atoms with van der Waals surface area (Å²) in [6.45, 7) is 1.67. The third-order valence-corrected chi connectivity index (χ3v) is 4.36. The summed E-state index contributed by atoms with van der Waals surface area (Å²) in [4.78, 5) is 0.0618. The van der Waals surface area contributed by atoms with Crippen LogP contribution in [0.5, 0.6) is 0 Å². The molecule has 8 heteroatoms. The Morgan fingerprint density at radius 2 is 1.64 bits per heavy atom. The number of benzene rings is 2. The zero-order valence-electron chi connectivity index (χ0n) is 11.6. The Hall–Kier alpha value is -1.67. The van der Waals surface area contributed by atoms with E-state index in [2.05, 4.69) is 10.6 Å². The first-order valence-corrected chi connectivity index (χ1v) is 8.56. The highest BCUT2D eigenvalue weighted by Crippen LogP contribution is 2.19. The maximum absolute atomic E-state index is 11.5. The average Bonchev–Trinajstić information content (AvgIpc) is 2.42. The van der Waals surface area contributed by atoms with Gasteiger partial charge in [0.25, 0.3) is 0 Å². The van der Waals surface area contributed by atoms with Crippen LogP contribution in [0.1, 0.15) is 5.56 Å². The largest absolute Gasteiger partial charge is 0.332 e. The number of nitrogens with two attached hydrogens (primary N) is 1. The molecule has 0 heterocycles. The zero-order chi connectivity index (χ0) is 16.3. The van der Waals surface area contributed by atoms with Crippen molar-refractivity contribution in [2.24, 2.45) is 5.14 Å². The fraction of sp³-hybridized carbons (Fsp3) is 0.0714. The second-order valence-corrected chi connectivity index (χ2v) is 6.99. The predicted octanol–water partition coefficient (Wildman–Crippen LogP) is 3.10. The molecule has 0 saturated carbocycles. The van der Waals surface area contributed by atoms with Crippen LogP contribution in [0.15, 0.2) is 47.4 Å². The molecule has 0 atom stereocenters. The second kappa shape index (κ2) is 6.62. The van der Waals surface area contributed by atoms with Gasteiger partial charge in [0.05, 0.1) is 4.90 Å². The van der Waals surface area contributed by atoms with Crippen LogP contribution in [0, 0.1) is 6.92 Å². The zero-order valence-corrected chi connectivity index (χ0v) is 14.0. The van der Waals surface area contributed by atoms with E-state index in [-0.39, 0.29) is 4.90 Å². The van der Waals surface area contributed by atoms with Gasteiger partial charge in [0.2, 0.25) is 10.0 Å². The molecule has 0 aliphatic rings. The van der Waals surface area contributed by atoms with Gasteiger partial charge in [0.15, 0.2) is 5.11 Å². The minimum Gasteiger partial charge on any atom is -0.332 e. The van der Waals surface area contributed by atoms with Crippen molar-refractivity contribution in [3.8, 4) is 0 Å². The number of rotatable bonds is 3. The van der Waals surface area contributed by atoms with Gasteiger partial charge in [-0.3, -0.25) is 0 Å². The van der Waals surface area contributed by atoms with Gasteiger partial charge in [0, 0.05) is 16.4 Å². The van der Waals surface area contributed by atoms with Crippen LogP contribution >= 0.6 is 23.8 Å². The van der Waals surface area contributed by atoms with Gasteiger partial charge < -0.3 is 10.6 Å². The third kappa shape index (κ3) is 4.41. The highest BCUT2D eigenvalue weighted by molar-refractivity contribution is 7.89. The Balaban J connectivity index is 2.13. The summed E-state index contributed by atoms with van der Waals surface area (Å²) in [5, 5.41) is 12.0. The minimum absolute atomic E-state index is 0.0618. The van der Waals surface area contributed by atoms with Crippen LogP contribution in [0.3, 0.4) is 0 Å². The molecule has 2 rings (SSSR count). The number of anilines is 2. The van der Waals surface area contributed by atoms with Gasteiger partial charge in [0.1, 0.15) is 0 Å². The molecule has 0 spiro atoms. The molecular weight excluding hydrogens is 342 g/mol. The molecule has 0 amide bonds. The van der Waals surface area contributed by atoms with E-state index in [1.807, 2.05) is 0 Å². The van der Waals surface area contributed by atoms with Crippen LogP contribution < -0.4 is 15.8 Å². The van der Waals surface area contributed by atoms with Gasteiger partial charge in [-0.25, -0.2) is 13.6 Å². The van der Waals surface area contributed by atoms with E-state index in [1.165, 1.54) is 6.07 Å². The van der Waals surface area contributed by atoms with E-state index in [4.69, 9.17) is 29.0 Å². The van der Waals surface area contributed by atoms with Crippen molar-refractivity contribution in [2.75, 3.05) is 10.6 Å². The lowest BCUT2D eigenvalue weighted by Gasteiger charge is -2.12. The van der Waals surface area contributed by atoms with E-state index in [1.54, 1.807) is 43.3 Å². The monoisotopic (exact) mass is 355 g/mol. The van der Waals surface area contributed by atoms with Crippen molar-refractivity contribution < 1.29 is 8.42 Å². The Morgan fingerprint density at radius 1 is 1.09 bits per heavy atom. The minimum atomic E-state index is -3.77. The molecule has 0 aliphatic heterocycles. The molecule has 0 fully saturated rings. The van der Waals surface area contributed by atoms with Crippen LogP contribution in [0.25, 0.3) is 0 Å². The number of nitrogens with one attached hydrogen (secondary N) is 2. The predicted molar refractivity (Wildman–Crippen MR) is 93.8 cm³/mol. The summed E-state index contributed by atoms with van der Waals surface area (Å²) in [5.41, 5.74) is 1.87. The Kier molecular flexibility index (Phi) is 5.02. The highest BCUT2D eigenvalue weighted by Gasteiger charge is 2.12. The van der Waals surface area contributed by atoms with E-state index in [9.17, 15) is 8.42 Å². The van der Waals surface area contributed by atoms with Crippen LogP contribution in [0.2, 0.25) is 5.02 Å². The second-order valence-electron chi connectivity index (χ2n) is 4.61. The van der Waals surface area contributed by atoms with E-state index in [0.29, 0.717) is 21.4 Å². The first-order valence-electron chi connectivity index (χ1n) is 6.23. The molecule has 0 aromatic heterocycles. The molecule has 5 nitrogen and oxygen atoms in total. The molecule has 22 heavy (non-hydrogen) atoms. The lowest BCUT2D eigenvalue weighted by molar-refractivity contribution is 0.597. The smallest absolute Gasteiger partial charge is 0.238 e. The summed E-state index contributed by atoms with van der Waals surface area (Å²) < 4.78 is 23.0. The quantitative estimate of drug-likeness (QED) is 0.737. The van der Waals surface area contributed by atoms with Gasteiger partial charge in [-0.05, 0) is 61.1 Å². The van der Waals surface area contributed by atoms with Crippen molar-refractivity contribution in [1.29, 1.82) is 0 Å². The Morgan fingerprint density at radius 3 is 2.23 bits per heavy atom. The summed E-state index contributed by atoms with van der Waals surface area (Å²) in [6, 6.07) is 11.9.